The van der Waals surface area contributed by atoms with E-state index < -0.39 is 0 Å². The fourth-order valence-corrected chi connectivity index (χ4v) is 6.30. The van der Waals surface area contributed by atoms with Crippen molar-refractivity contribution in [3.05, 3.63) is 0 Å². The Labute approximate surface area is 105 Å². The van der Waals surface area contributed by atoms with Gasteiger partial charge < -0.3 is 0 Å². The van der Waals surface area contributed by atoms with E-state index in [4.69, 9.17) is 46.4 Å². The predicted octanol–water partition coefficient (Wildman–Crippen LogP) is 2.99. The lowest BCUT2D eigenvalue weighted by atomic mass is 10.6. The van der Waals surface area contributed by atoms with Crippen molar-refractivity contribution < 1.29 is 0 Å². The molecule has 0 atom stereocenters. The molecule has 0 nitrogen and oxygen atoms in total. The molecule has 6 heteroatoms. The summed E-state index contributed by atoms with van der Waals surface area (Å²) in [6.07, 6.45) is 1.35. The van der Waals surface area contributed by atoms with Gasteiger partial charge in [-0.2, -0.15) is 0 Å². The fourth-order valence-electron chi connectivity index (χ4n) is 1.13. The highest BCUT2D eigenvalue weighted by Gasteiger charge is 2.00. The summed E-state index contributed by atoms with van der Waals surface area (Å²) in [5.74, 6) is 0. The Morgan fingerprint density at radius 3 is 1.46 bits per heavy atom. The molecule has 0 aliphatic rings. The van der Waals surface area contributed by atoms with Crippen molar-refractivity contribution in [2.45, 2.75) is 40.3 Å². The van der Waals surface area contributed by atoms with E-state index in [-0.39, 0.29) is 28.7 Å². The second kappa shape index (κ2) is 10.1. The molecule has 0 aromatic carbocycles. The second-order valence-corrected chi connectivity index (χ2v) is 9.66. The highest BCUT2D eigenvalue weighted by Crippen LogP contribution is 2.11. The normalized spacial score (nSPS) is 13.4. The molecule has 0 unspecified atom stereocenters. The molecule has 0 amide bonds. The summed E-state index contributed by atoms with van der Waals surface area (Å²) in [7, 11) is 0.0177. The quantitative estimate of drug-likeness (QED) is 0.367. The number of halogens is 4. The summed E-state index contributed by atoms with van der Waals surface area (Å²) in [5, 5.41) is 0. The molecule has 80 valence electrons. The average molecular weight is 298 g/mol. The minimum absolute atomic E-state index is 0.00885. The van der Waals surface area contributed by atoms with Crippen molar-refractivity contribution in [2.24, 2.45) is 0 Å². The molecular weight excluding hydrogens is 282 g/mol. The van der Waals surface area contributed by atoms with Gasteiger partial charge >= 0.3 is 0 Å². The van der Waals surface area contributed by atoms with Crippen LogP contribution in [-0.2, 0) is 0 Å². The van der Waals surface area contributed by atoms with E-state index in [2.05, 4.69) is 0 Å². The Hall–Kier alpha value is 1.59. The van der Waals surface area contributed by atoms with Gasteiger partial charge in [-0.05, 0) is 12.1 Å². The van der Waals surface area contributed by atoms with Crippen molar-refractivity contribution in [1.82, 2.24) is 0 Å². The number of rotatable bonds is 8. The lowest BCUT2D eigenvalue weighted by molar-refractivity contribution is 1.04. The smallest absolute Gasteiger partial charge is 0.105 e. The van der Waals surface area contributed by atoms with E-state index in [1.807, 2.05) is 0 Å². The van der Waals surface area contributed by atoms with Crippen LogP contribution in [0.2, 0.25) is 24.2 Å². The van der Waals surface area contributed by atoms with Crippen LogP contribution in [0, 0.1) is 0 Å². The Balaban J connectivity index is 2.92. The topological polar surface area (TPSA) is 0 Å². The zero-order valence-electron chi connectivity index (χ0n) is 7.62. The summed E-state index contributed by atoms with van der Waals surface area (Å²) >= 11 is 22.5. The molecule has 0 bridgehead atoms. The predicted molar refractivity (Wildman–Crippen MR) is 71.9 cm³/mol. The highest BCUT2D eigenvalue weighted by atomic mass is 35.5. The largest absolute Gasteiger partial charge is 0.106 e. The minimum Gasteiger partial charge on any atom is -0.106 e. The summed E-state index contributed by atoms with van der Waals surface area (Å²) in [6, 6.07) is 4.85. The molecule has 0 aliphatic carbocycles. The number of alkyl halides is 4. The standard InChI is InChI=1S/C7H16Cl4Si2/c8-6(9)4-12-2-1-3-13-5-7(10)11/h6-7H,1-5,12-13H2. The van der Waals surface area contributed by atoms with Gasteiger partial charge in [-0.15, -0.1) is 46.4 Å². The first-order chi connectivity index (χ1) is 6.13. The molecule has 0 aliphatic heterocycles. The van der Waals surface area contributed by atoms with Crippen molar-refractivity contribution in [2.75, 3.05) is 0 Å². The van der Waals surface area contributed by atoms with Crippen LogP contribution < -0.4 is 0 Å². The average Bonchev–Trinajstić information content (AvgIpc) is 2.01. The third-order valence-electron chi connectivity index (χ3n) is 1.84. The molecule has 0 aromatic heterocycles. The first kappa shape index (κ1) is 14.6. The monoisotopic (exact) mass is 296 g/mol. The third kappa shape index (κ3) is 13.6. The van der Waals surface area contributed by atoms with Gasteiger partial charge in [-0.25, -0.2) is 0 Å². The molecule has 0 aromatic rings. The minimum atomic E-state index is -0.126. The lowest BCUT2D eigenvalue weighted by Gasteiger charge is -2.01. The Bertz CT molecular complexity index is 98.7. The maximum atomic E-state index is 5.63. The van der Waals surface area contributed by atoms with E-state index in [9.17, 15) is 0 Å². The lowest BCUT2D eigenvalue weighted by Crippen LogP contribution is -1.98. The zero-order chi connectivity index (χ0) is 10.1. The highest BCUT2D eigenvalue weighted by molar-refractivity contribution is 6.50. The van der Waals surface area contributed by atoms with E-state index in [0.717, 1.165) is 12.1 Å². The molecule has 0 heterocycles. The van der Waals surface area contributed by atoms with Gasteiger partial charge in [0, 0.05) is 19.0 Å². The van der Waals surface area contributed by atoms with Crippen molar-refractivity contribution in [3.8, 4) is 0 Å². The number of hydrogen-bond donors (Lipinski definition) is 0. The third-order valence-corrected chi connectivity index (χ3v) is 8.15. The first-order valence-electron chi connectivity index (χ1n) is 4.69. The molecule has 0 radical (unpaired) electrons. The molecule has 0 spiro atoms. The Morgan fingerprint density at radius 2 is 1.15 bits per heavy atom. The summed E-state index contributed by atoms with van der Waals surface area (Å²) in [5.41, 5.74) is 0. The summed E-state index contributed by atoms with van der Waals surface area (Å²) < 4.78 is 0. The van der Waals surface area contributed by atoms with Gasteiger partial charge in [0.15, 0.2) is 0 Å². The Morgan fingerprint density at radius 1 is 0.769 bits per heavy atom. The molecule has 0 saturated heterocycles. The van der Waals surface area contributed by atoms with Crippen LogP contribution >= 0.6 is 46.4 Å². The van der Waals surface area contributed by atoms with Gasteiger partial charge in [-0.1, -0.05) is 18.5 Å². The molecule has 0 rings (SSSR count). The summed E-state index contributed by atoms with van der Waals surface area (Å²) in [4.78, 5) is -0.252. The maximum Gasteiger partial charge on any atom is 0.105 e. The SMILES string of the molecule is ClC(Cl)C[SiH2]CCC[SiH2]CC(Cl)Cl. The second-order valence-electron chi connectivity index (χ2n) is 3.13. The van der Waals surface area contributed by atoms with Gasteiger partial charge in [-0.3, -0.25) is 0 Å². The van der Waals surface area contributed by atoms with E-state index in [1.54, 1.807) is 0 Å². The molecule has 13 heavy (non-hydrogen) atoms. The molecule has 0 N–H and O–H groups in total. The van der Waals surface area contributed by atoms with Crippen molar-refractivity contribution in [3.63, 3.8) is 0 Å². The van der Waals surface area contributed by atoms with Crippen LogP contribution in [0.4, 0.5) is 0 Å². The van der Waals surface area contributed by atoms with Gasteiger partial charge in [0.05, 0.1) is 0 Å². The van der Waals surface area contributed by atoms with Crippen LogP contribution in [0.25, 0.3) is 0 Å². The van der Waals surface area contributed by atoms with E-state index in [0.29, 0.717) is 0 Å². The zero-order valence-corrected chi connectivity index (χ0v) is 13.5. The number of hydrogen-bond acceptors (Lipinski definition) is 0. The van der Waals surface area contributed by atoms with Crippen LogP contribution in [-0.4, -0.2) is 28.7 Å². The Kier molecular flexibility index (Phi) is 11.4. The van der Waals surface area contributed by atoms with Gasteiger partial charge in [0.25, 0.3) is 0 Å². The first-order valence-corrected chi connectivity index (χ1v) is 10.4. The van der Waals surface area contributed by atoms with Crippen LogP contribution in [0.3, 0.4) is 0 Å². The van der Waals surface area contributed by atoms with Crippen LogP contribution in [0.1, 0.15) is 6.42 Å². The summed E-state index contributed by atoms with van der Waals surface area (Å²) in [6.45, 7) is 0. The van der Waals surface area contributed by atoms with Gasteiger partial charge in [0.1, 0.15) is 9.67 Å². The molecular formula is C7H16Cl4Si2. The van der Waals surface area contributed by atoms with Crippen molar-refractivity contribution >= 4 is 65.4 Å². The maximum absolute atomic E-state index is 5.63. The van der Waals surface area contributed by atoms with Crippen LogP contribution in [0.5, 0.6) is 0 Å². The van der Waals surface area contributed by atoms with Crippen molar-refractivity contribution in [1.29, 1.82) is 0 Å². The molecule has 0 saturated carbocycles. The van der Waals surface area contributed by atoms with Gasteiger partial charge in [0.2, 0.25) is 0 Å². The fraction of sp³-hybridized carbons (Fsp3) is 1.00. The molecule has 0 fully saturated rings. The van der Waals surface area contributed by atoms with E-state index in [1.165, 1.54) is 18.5 Å². The van der Waals surface area contributed by atoms with E-state index >= 15 is 0 Å². The van der Waals surface area contributed by atoms with Crippen LogP contribution in [0.15, 0.2) is 0 Å².